The number of hydrogen-bond acceptors (Lipinski definition) is 6. The minimum atomic E-state index is -0.687. The van der Waals surface area contributed by atoms with Crippen molar-refractivity contribution in [2.24, 2.45) is 0 Å². The molecule has 4 rings (SSSR count). The highest BCUT2D eigenvalue weighted by Gasteiger charge is 2.21. The highest BCUT2D eigenvalue weighted by Crippen LogP contribution is 2.26. The minimum absolute atomic E-state index is 0.245. The topological polar surface area (TPSA) is 98.7 Å². The van der Waals surface area contributed by atoms with Crippen molar-refractivity contribution < 1.29 is 14.9 Å². The molecule has 7 heteroatoms. The largest absolute Gasteiger partial charge is 0.502 e. The summed E-state index contributed by atoms with van der Waals surface area (Å²) >= 11 is 0. The number of benzene rings is 2. The number of aromatic amines is 1. The summed E-state index contributed by atoms with van der Waals surface area (Å²) in [6.07, 6.45) is 0.813. The minimum Gasteiger partial charge on any atom is -0.502 e. The normalized spacial score (nSPS) is 15.8. The summed E-state index contributed by atoms with van der Waals surface area (Å²) in [6, 6.07) is 16.0. The Balaban J connectivity index is 1.42. The van der Waals surface area contributed by atoms with E-state index in [1.165, 1.54) is 11.9 Å². The van der Waals surface area contributed by atoms with Crippen LogP contribution in [0.1, 0.15) is 40.8 Å². The van der Waals surface area contributed by atoms with E-state index < -0.39 is 17.4 Å². The molecule has 7 nitrogen and oxygen atoms in total. The van der Waals surface area contributed by atoms with E-state index in [1.54, 1.807) is 6.92 Å². The van der Waals surface area contributed by atoms with Gasteiger partial charge in [-0.2, -0.15) is 0 Å². The molecule has 0 aliphatic carbocycles. The lowest BCUT2D eigenvalue weighted by atomic mass is 9.89. The molecule has 1 aliphatic heterocycles. The van der Waals surface area contributed by atoms with Gasteiger partial charge in [0.15, 0.2) is 0 Å². The molecule has 3 aromatic rings. The summed E-state index contributed by atoms with van der Waals surface area (Å²) in [5.74, 6) is 5.66. The van der Waals surface area contributed by atoms with Crippen LogP contribution in [0.3, 0.4) is 0 Å². The van der Waals surface area contributed by atoms with E-state index in [2.05, 4.69) is 38.8 Å². The number of rotatable bonds is 6. The molecule has 34 heavy (non-hydrogen) atoms. The second-order valence-corrected chi connectivity index (χ2v) is 8.54. The molecule has 1 aliphatic rings. The van der Waals surface area contributed by atoms with Crippen LogP contribution >= 0.6 is 0 Å². The maximum absolute atomic E-state index is 11.6. The number of aliphatic hydroxyl groups is 1. The smallest absolute Gasteiger partial charge is 0.293 e. The van der Waals surface area contributed by atoms with E-state index in [-0.39, 0.29) is 18.0 Å². The van der Waals surface area contributed by atoms with Crippen LogP contribution in [0.2, 0.25) is 0 Å². The fourth-order valence-corrected chi connectivity index (χ4v) is 4.02. The van der Waals surface area contributed by atoms with Crippen LogP contribution in [0.5, 0.6) is 5.75 Å². The Morgan fingerprint density at radius 1 is 1.06 bits per heavy atom. The molecule has 2 heterocycles. The number of nitrogens with one attached hydrogen (secondary N) is 1. The van der Waals surface area contributed by atoms with Crippen molar-refractivity contribution in [3.63, 3.8) is 0 Å². The zero-order chi connectivity index (χ0) is 23.9. The zero-order valence-electron chi connectivity index (χ0n) is 19.2. The number of hydrogen-bond donors (Lipinski definition) is 3. The lowest BCUT2D eigenvalue weighted by molar-refractivity contribution is 0.0342. The molecule has 176 valence electrons. The Morgan fingerprint density at radius 2 is 1.68 bits per heavy atom. The average molecular weight is 460 g/mol. The van der Waals surface area contributed by atoms with Crippen molar-refractivity contribution in [2.45, 2.75) is 31.9 Å². The third-order valence-corrected chi connectivity index (χ3v) is 6.05. The summed E-state index contributed by atoms with van der Waals surface area (Å²) < 4.78 is 5.40. The van der Waals surface area contributed by atoms with E-state index in [9.17, 15) is 15.0 Å². The molecule has 0 spiro atoms. The van der Waals surface area contributed by atoms with Crippen molar-refractivity contribution in [3.8, 4) is 17.6 Å². The van der Waals surface area contributed by atoms with Crippen molar-refractivity contribution >= 4 is 0 Å². The summed E-state index contributed by atoms with van der Waals surface area (Å²) in [5.41, 5.74) is 3.64. The first kappa shape index (κ1) is 23.7. The maximum Gasteiger partial charge on any atom is 0.293 e. The number of H-pyrrole nitrogens is 1. The highest BCUT2D eigenvalue weighted by molar-refractivity contribution is 5.44. The molecule has 0 bridgehead atoms. The fourth-order valence-electron chi connectivity index (χ4n) is 4.02. The molecular weight excluding hydrogens is 430 g/mol. The Labute approximate surface area is 199 Å². The SMILES string of the molecule is CC(O)C(Cc1nc[nH]c(=O)c1O)c1ccc(C#Cc2ccc(CN3CCOCC3)cc2)cc1. The molecule has 1 saturated heterocycles. The summed E-state index contributed by atoms with van der Waals surface area (Å²) in [6.45, 7) is 6.14. The molecule has 2 unspecified atom stereocenters. The van der Waals surface area contributed by atoms with Crippen LogP contribution in [-0.4, -0.2) is 57.5 Å². The summed E-state index contributed by atoms with van der Waals surface area (Å²) in [5, 5.41) is 20.3. The van der Waals surface area contributed by atoms with Gasteiger partial charge in [0.05, 0.1) is 31.3 Å². The van der Waals surface area contributed by atoms with Gasteiger partial charge in [-0.25, -0.2) is 4.98 Å². The number of aromatic nitrogens is 2. The van der Waals surface area contributed by atoms with E-state index in [0.29, 0.717) is 0 Å². The van der Waals surface area contributed by atoms with E-state index in [4.69, 9.17) is 4.74 Å². The Bertz CT molecular complexity index is 1200. The van der Waals surface area contributed by atoms with E-state index in [0.717, 1.165) is 49.5 Å². The Morgan fingerprint density at radius 3 is 2.29 bits per heavy atom. The van der Waals surface area contributed by atoms with Crippen LogP contribution in [-0.2, 0) is 17.7 Å². The third kappa shape index (κ3) is 6.12. The van der Waals surface area contributed by atoms with Crippen molar-refractivity contribution in [3.05, 3.63) is 93.2 Å². The first-order chi connectivity index (χ1) is 16.5. The number of nitrogens with zero attached hydrogens (tertiary/aromatic N) is 2. The van der Waals surface area contributed by atoms with Crippen LogP contribution in [0.25, 0.3) is 0 Å². The predicted molar refractivity (Wildman–Crippen MR) is 130 cm³/mol. The van der Waals surface area contributed by atoms with Crippen molar-refractivity contribution in [1.29, 1.82) is 0 Å². The van der Waals surface area contributed by atoms with Gasteiger partial charge >= 0.3 is 0 Å². The second-order valence-electron chi connectivity index (χ2n) is 8.54. The Kier molecular flexibility index (Phi) is 7.76. The average Bonchev–Trinajstić information content (AvgIpc) is 2.85. The highest BCUT2D eigenvalue weighted by atomic mass is 16.5. The van der Waals surface area contributed by atoms with E-state index in [1.807, 2.05) is 36.4 Å². The standard InChI is InChI=1S/C27H29N3O4/c1-19(31)24(16-25-26(32)27(33)29-18-28-25)23-10-8-21(9-11-23)3-2-20-4-6-22(7-5-20)17-30-12-14-34-15-13-30/h4-11,18-19,24,31-32H,12-17H2,1H3,(H,28,29,33). The third-order valence-electron chi connectivity index (χ3n) is 6.05. The van der Waals surface area contributed by atoms with Crippen LogP contribution in [0.15, 0.2) is 59.7 Å². The lowest BCUT2D eigenvalue weighted by Gasteiger charge is -2.26. The number of aromatic hydroxyl groups is 1. The zero-order valence-corrected chi connectivity index (χ0v) is 19.2. The van der Waals surface area contributed by atoms with Crippen molar-refractivity contribution in [2.75, 3.05) is 26.3 Å². The molecule has 0 radical (unpaired) electrons. The molecule has 1 fully saturated rings. The second kappa shape index (κ2) is 11.1. The molecule has 3 N–H and O–H groups in total. The Hall–Kier alpha value is -3.44. The summed E-state index contributed by atoms with van der Waals surface area (Å²) in [4.78, 5) is 20.4. The van der Waals surface area contributed by atoms with Gasteiger partial charge in [0, 0.05) is 43.1 Å². The molecule has 1 aromatic heterocycles. The van der Waals surface area contributed by atoms with E-state index >= 15 is 0 Å². The molecule has 0 amide bonds. The first-order valence-electron chi connectivity index (χ1n) is 11.4. The number of aliphatic hydroxyl groups excluding tert-OH is 1. The predicted octanol–water partition coefficient (Wildman–Crippen LogP) is 2.41. The van der Waals surface area contributed by atoms with Gasteiger partial charge in [-0.05, 0) is 42.3 Å². The van der Waals surface area contributed by atoms with Gasteiger partial charge in [0.25, 0.3) is 5.56 Å². The van der Waals surface area contributed by atoms with Crippen LogP contribution in [0.4, 0.5) is 0 Å². The van der Waals surface area contributed by atoms with Gasteiger partial charge < -0.3 is 19.9 Å². The lowest BCUT2D eigenvalue weighted by Crippen LogP contribution is -2.35. The maximum atomic E-state index is 11.6. The van der Waals surface area contributed by atoms with Gasteiger partial charge in [0.1, 0.15) is 0 Å². The van der Waals surface area contributed by atoms with Gasteiger partial charge in [-0.1, -0.05) is 36.1 Å². The molecule has 2 atom stereocenters. The molecule has 0 saturated carbocycles. The summed E-state index contributed by atoms with van der Waals surface area (Å²) in [7, 11) is 0. The van der Waals surface area contributed by atoms with Gasteiger partial charge in [-0.3, -0.25) is 9.69 Å². The fraction of sp³-hybridized carbons (Fsp3) is 0.333. The molecular formula is C27H29N3O4. The molecule has 2 aromatic carbocycles. The van der Waals surface area contributed by atoms with Crippen LogP contribution in [0, 0.1) is 11.8 Å². The monoisotopic (exact) mass is 459 g/mol. The number of ether oxygens (including phenoxy) is 1. The van der Waals surface area contributed by atoms with Crippen molar-refractivity contribution in [1.82, 2.24) is 14.9 Å². The number of morpholine rings is 1. The quantitative estimate of drug-likeness (QED) is 0.490. The first-order valence-corrected chi connectivity index (χ1v) is 11.4. The van der Waals surface area contributed by atoms with Gasteiger partial charge in [-0.15, -0.1) is 0 Å². The van der Waals surface area contributed by atoms with Gasteiger partial charge in [0.2, 0.25) is 5.75 Å². The van der Waals surface area contributed by atoms with Crippen LogP contribution < -0.4 is 5.56 Å².